The zero-order chi connectivity index (χ0) is 22.0. The summed E-state index contributed by atoms with van der Waals surface area (Å²) >= 11 is 0. The number of benzene rings is 1. The molecule has 2 fully saturated rings. The molecule has 2 N–H and O–H groups in total. The van der Waals surface area contributed by atoms with Crippen LogP contribution in [0.5, 0.6) is 0 Å². The SMILES string of the molecule is CC(=O)Nc1ccc(C(=O)N[C@@H](CC(C)C)C(=O)N2C[C@H](F)[C@H]3OCC(=O)[C@H]32)cc1. The topological polar surface area (TPSA) is 105 Å². The highest BCUT2D eigenvalue weighted by atomic mass is 19.1. The summed E-state index contributed by atoms with van der Waals surface area (Å²) in [6.45, 7) is 4.76. The zero-order valence-corrected chi connectivity index (χ0v) is 17.2. The molecule has 0 unspecified atom stereocenters. The average Bonchev–Trinajstić information content (AvgIpc) is 3.21. The minimum Gasteiger partial charge on any atom is -0.365 e. The minimum absolute atomic E-state index is 0.0801. The van der Waals surface area contributed by atoms with Gasteiger partial charge < -0.3 is 20.3 Å². The van der Waals surface area contributed by atoms with Gasteiger partial charge in [-0.3, -0.25) is 19.2 Å². The van der Waals surface area contributed by atoms with Gasteiger partial charge in [0.2, 0.25) is 11.8 Å². The highest BCUT2D eigenvalue weighted by Crippen LogP contribution is 2.30. The number of carbonyl (C=O) groups excluding carboxylic acids is 4. The van der Waals surface area contributed by atoms with E-state index in [-0.39, 0.29) is 30.8 Å². The van der Waals surface area contributed by atoms with Crippen molar-refractivity contribution in [2.75, 3.05) is 18.5 Å². The summed E-state index contributed by atoms with van der Waals surface area (Å²) in [5, 5.41) is 5.33. The Balaban J connectivity index is 1.74. The largest absolute Gasteiger partial charge is 0.365 e. The molecular weight excluding hydrogens is 393 g/mol. The molecule has 0 aliphatic carbocycles. The molecule has 2 aliphatic heterocycles. The number of fused-ring (bicyclic) bond motifs is 1. The molecule has 1 aromatic rings. The molecule has 2 heterocycles. The third kappa shape index (κ3) is 4.67. The molecule has 1 aromatic carbocycles. The van der Waals surface area contributed by atoms with Crippen LogP contribution in [-0.2, 0) is 19.1 Å². The van der Waals surface area contributed by atoms with Gasteiger partial charge in [-0.15, -0.1) is 0 Å². The number of likely N-dealkylation sites (tertiary alicyclic amines) is 1. The first kappa shape index (κ1) is 21.9. The minimum atomic E-state index is -1.43. The Morgan fingerprint density at radius 1 is 1.23 bits per heavy atom. The van der Waals surface area contributed by atoms with Crippen molar-refractivity contribution >= 4 is 29.2 Å². The molecule has 0 saturated carbocycles. The fourth-order valence-corrected chi connectivity index (χ4v) is 3.87. The summed E-state index contributed by atoms with van der Waals surface area (Å²) < 4.78 is 19.5. The van der Waals surface area contributed by atoms with Gasteiger partial charge in [0.15, 0.2) is 5.78 Å². The highest BCUT2D eigenvalue weighted by molar-refractivity contribution is 5.99. The molecule has 3 rings (SSSR count). The van der Waals surface area contributed by atoms with Gasteiger partial charge in [0.25, 0.3) is 5.91 Å². The molecule has 9 heteroatoms. The second kappa shape index (κ2) is 8.91. The number of Topliss-reactive ketones (excluding diaryl/α,β-unsaturated/α-hetero) is 1. The number of nitrogens with one attached hydrogen (secondary N) is 2. The first-order chi connectivity index (χ1) is 14.2. The molecule has 0 bridgehead atoms. The van der Waals surface area contributed by atoms with E-state index in [4.69, 9.17) is 4.74 Å². The molecule has 30 heavy (non-hydrogen) atoms. The molecule has 0 spiro atoms. The fraction of sp³-hybridized carbons (Fsp3) is 0.524. The number of anilines is 1. The number of nitrogens with zero attached hydrogens (tertiary/aromatic N) is 1. The van der Waals surface area contributed by atoms with Crippen molar-refractivity contribution in [1.82, 2.24) is 10.2 Å². The van der Waals surface area contributed by atoms with Crippen molar-refractivity contribution in [2.24, 2.45) is 5.92 Å². The number of alkyl halides is 1. The summed E-state index contributed by atoms with van der Waals surface area (Å²) in [6.07, 6.45) is -2.02. The Hall–Kier alpha value is -2.81. The van der Waals surface area contributed by atoms with Crippen molar-refractivity contribution in [3.8, 4) is 0 Å². The maximum atomic E-state index is 14.3. The lowest BCUT2D eigenvalue weighted by atomic mass is 10.0. The van der Waals surface area contributed by atoms with Crippen molar-refractivity contribution < 1.29 is 28.3 Å². The molecular formula is C21H26FN3O5. The Kier molecular flexibility index (Phi) is 6.50. The number of amides is 3. The van der Waals surface area contributed by atoms with Crippen LogP contribution in [0.1, 0.15) is 37.6 Å². The van der Waals surface area contributed by atoms with E-state index in [9.17, 15) is 23.6 Å². The van der Waals surface area contributed by atoms with Gasteiger partial charge in [0, 0.05) is 18.2 Å². The van der Waals surface area contributed by atoms with Gasteiger partial charge >= 0.3 is 0 Å². The van der Waals surface area contributed by atoms with Gasteiger partial charge in [0.05, 0.1) is 6.54 Å². The second-order valence-electron chi connectivity index (χ2n) is 8.11. The quantitative estimate of drug-likeness (QED) is 0.723. The molecule has 0 radical (unpaired) electrons. The average molecular weight is 419 g/mol. The lowest BCUT2D eigenvalue weighted by molar-refractivity contribution is -0.138. The summed E-state index contributed by atoms with van der Waals surface area (Å²) in [5.74, 6) is -1.42. The Labute approximate surface area is 174 Å². The van der Waals surface area contributed by atoms with E-state index in [1.165, 1.54) is 24.0 Å². The van der Waals surface area contributed by atoms with Crippen LogP contribution in [-0.4, -0.2) is 65.9 Å². The Morgan fingerprint density at radius 3 is 2.50 bits per heavy atom. The van der Waals surface area contributed by atoms with Gasteiger partial charge in [-0.1, -0.05) is 13.8 Å². The van der Waals surface area contributed by atoms with Crippen molar-refractivity contribution in [2.45, 2.75) is 51.6 Å². The zero-order valence-electron chi connectivity index (χ0n) is 17.2. The van der Waals surface area contributed by atoms with Crippen molar-refractivity contribution in [3.63, 3.8) is 0 Å². The van der Waals surface area contributed by atoms with E-state index < -0.39 is 36.2 Å². The van der Waals surface area contributed by atoms with Crippen molar-refractivity contribution in [1.29, 1.82) is 0 Å². The normalized spacial score (nSPS) is 24.0. The van der Waals surface area contributed by atoms with Gasteiger partial charge in [-0.2, -0.15) is 0 Å². The first-order valence-electron chi connectivity index (χ1n) is 9.94. The van der Waals surface area contributed by atoms with Gasteiger partial charge in [0.1, 0.15) is 31.0 Å². The molecule has 8 nitrogen and oxygen atoms in total. The summed E-state index contributed by atoms with van der Waals surface area (Å²) in [6, 6.07) is 4.42. The molecule has 162 valence electrons. The number of halogens is 1. The molecule has 2 saturated heterocycles. The maximum absolute atomic E-state index is 14.3. The van der Waals surface area contributed by atoms with Crippen LogP contribution < -0.4 is 10.6 Å². The van der Waals surface area contributed by atoms with Crippen molar-refractivity contribution in [3.05, 3.63) is 29.8 Å². The van der Waals surface area contributed by atoms with E-state index in [2.05, 4.69) is 10.6 Å². The summed E-state index contributed by atoms with van der Waals surface area (Å²) in [7, 11) is 0. The van der Waals surface area contributed by atoms with Gasteiger partial charge in [-0.05, 0) is 36.6 Å². The smallest absolute Gasteiger partial charge is 0.251 e. The number of ether oxygens (including phenoxy) is 1. The van der Waals surface area contributed by atoms with E-state index in [0.717, 1.165) is 0 Å². The molecule has 3 amide bonds. The second-order valence-corrected chi connectivity index (χ2v) is 8.11. The van der Waals surface area contributed by atoms with Crippen LogP contribution >= 0.6 is 0 Å². The van der Waals surface area contributed by atoms with Crippen LogP contribution in [0, 0.1) is 5.92 Å². The predicted molar refractivity (Wildman–Crippen MR) is 107 cm³/mol. The fourth-order valence-electron chi connectivity index (χ4n) is 3.87. The number of rotatable bonds is 6. The third-order valence-electron chi connectivity index (χ3n) is 5.18. The molecule has 0 aromatic heterocycles. The summed E-state index contributed by atoms with van der Waals surface area (Å²) in [4.78, 5) is 50.3. The summed E-state index contributed by atoms with van der Waals surface area (Å²) in [5.41, 5.74) is 0.860. The Bertz CT molecular complexity index is 842. The van der Waals surface area contributed by atoms with Crippen LogP contribution in [0.4, 0.5) is 10.1 Å². The number of ketones is 1. The Morgan fingerprint density at radius 2 is 1.90 bits per heavy atom. The first-order valence-corrected chi connectivity index (χ1v) is 9.94. The van der Waals surface area contributed by atoms with E-state index in [1.807, 2.05) is 13.8 Å². The van der Waals surface area contributed by atoms with Crippen LogP contribution in [0.15, 0.2) is 24.3 Å². The van der Waals surface area contributed by atoms with Crippen LogP contribution in [0.3, 0.4) is 0 Å². The maximum Gasteiger partial charge on any atom is 0.251 e. The van der Waals surface area contributed by atoms with Crippen LogP contribution in [0.25, 0.3) is 0 Å². The van der Waals surface area contributed by atoms with Gasteiger partial charge in [-0.25, -0.2) is 4.39 Å². The van der Waals surface area contributed by atoms with E-state index in [0.29, 0.717) is 17.7 Å². The number of carbonyl (C=O) groups is 4. The molecule has 2 aliphatic rings. The lowest BCUT2D eigenvalue weighted by Gasteiger charge is -2.28. The molecule has 4 atom stereocenters. The predicted octanol–water partition coefficient (Wildman–Crippen LogP) is 1.31. The third-order valence-corrected chi connectivity index (χ3v) is 5.18. The van der Waals surface area contributed by atoms with E-state index in [1.54, 1.807) is 12.1 Å². The monoisotopic (exact) mass is 419 g/mol. The lowest BCUT2D eigenvalue weighted by Crippen LogP contribution is -2.52. The van der Waals surface area contributed by atoms with Crippen LogP contribution in [0.2, 0.25) is 0 Å². The van der Waals surface area contributed by atoms with E-state index >= 15 is 0 Å². The number of hydrogen-bond acceptors (Lipinski definition) is 5. The standard InChI is InChI=1S/C21H26FN3O5/c1-11(2)8-16(21(29)25-9-15(22)19-18(25)17(27)10-30-19)24-20(28)13-4-6-14(7-5-13)23-12(3)26/h4-7,11,15-16,18-19H,8-10H2,1-3H3,(H,23,26)(H,24,28)/t15-,16-,18+,19+/m0/s1. The number of hydrogen-bond donors (Lipinski definition) is 2. The highest BCUT2D eigenvalue weighted by Gasteiger charge is 2.53.